The Bertz CT molecular complexity index is 535. The summed E-state index contributed by atoms with van der Waals surface area (Å²) in [4.78, 5) is 26.8. The molecule has 1 unspecified atom stereocenters. The molecular formula is C17H22N2O2. The van der Waals surface area contributed by atoms with E-state index in [2.05, 4.69) is 12.2 Å². The van der Waals surface area contributed by atoms with E-state index in [4.69, 9.17) is 0 Å². The summed E-state index contributed by atoms with van der Waals surface area (Å²) >= 11 is 0. The second-order valence-corrected chi connectivity index (χ2v) is 6.35. The Kier molecular flexibility index (Phi) is 3.70. The third kappa shape index (κ3) is 2.55. The maximum atomic E-state index is 12.5. The van der Waals surface area contributed by atoms with E-state index in [-0.39, 0.29) is 23.9 Å². The van der Waals surface area contributed by atoms with Crippen LogP contribution >= 0.6 is 0 Å². The molecule has 1 aliphatic heterocycles. The van der Waals surface area contributed by atoms with Gasteiger partial charge < -0.3 is 10.2 Å². The zero-order valence-electron chi connectivity index (χ0n) is 12.5. The lowest BCUT2D eigenvalue weighted by Gasteiger charge is -2.49. The van der Waals surface area contributed by atoms with E-state index in [9.17, 15) is 9.59 Å². The average molecular weight is 286 g/mol. The molecule has 0 bridgehead atoms. The van der Waals surface area contributed by atoms with Crippen LogP contribution in [0.15, 0.2) is 30.3 Å². The molecule has 0 radical (unpaired) electrons. The lowest BCUT2D eigenvalue weighted by atomic mass is 9.79. The minimum Gasteiger partial charge on any atom is -0.345 e. The smallest absolute Gasteiger partial charge is 0.247 e. The van der Waals surface area contributed by atoms with Gasteiger partial charge in [0, 0.05) is 5.54 Å². The normalized spacial score (nSPS) is 25.6. The summed E-state index contributed by atoms with van der Waals surface area (Å²) in [5, 5.41) is 2.74. The Hall–Kier alpha value is -1.84. The van der Waals surface area contributed by atoms with Gasteiger partial charge in [0.2, 0.25) is 11.8 Å². The first-order chi connectivity index (χ1) is 10.1. The number of carbonyl (C=O) groups is 2. The van der Waals surface area contributed by atoms with Crippen molar-refractivity contribution in [2.45, 2.75) is 50.6 Å². The number of hydrogen-bond donors (Lipinski definition) is 1. The van der Waals surface area contributed by atoms with E-state index in [0.29, 0.717) is 0 Å². The van der Waals surface area contributed by atoms with Crippen molar-refractivity contribution in [3.05, 3.63) is 35.9 Å². The molecule has 0 spiro atoms. The molecule has 4 nitrogen and oxygen atoms in total. The Morgan fingerprint density at radius 2 is 1.76 bits per heavy atom. The van der Waals surface area contributed by atoms with Gasteiger partial charge in [-0.2, -0.15) is 0 Å². The molecule has 0 aromatic heterocycles. The fourth-order valence-corrected chi connectivity index (χ4v) is 3.71. The van der Waals surface area contributed by atoms with Gasteiger partial charge in [-0.3, -0.25) is 9.59 Å². The molecule has 1 saturated heterocycles. The van der Waals surface area contributed by atoms with Crippen LogP contribution in [0.5, 0.6) is 0 Å². The molecule has 1 saturated carbocycles. The van der Waals surface area contributed by atoms with Gasteiger partial charge >= 0.3 is 0 Å². The maximum Gasteiger partial charge on any atom is 0.247 e. The van der Waals surface area contributed by atoms with Crippen LogP contribution in [0.1, 0.15) is 50.6 Å². The van der Waals surface area contributed by atoms with Crippen LogP contribution in [-0.4, -0.2) is 28.8 Å². The van der Waals surface area contributed by atoms with Crippen molar-refractivity contribution >= 4 is 11.8 Å². The van der Waals surface area contributed by atoms with Gasteiger partial charge in [-0.05, 0) is 25.3 Å². The van der Waals surface area contributed by atoms with E-state index in [0.717, 1.165) is 31.2 Å². The van der Waals surface area contributed by atoms with Crippen LogP contribution < -0.4 is 5.32 Å². The molecular weight excluding hydrogens is 264 g/mol. The first kappa shape index (κ1) is 14.1. The molecule has 1 aromatic rings. The molecule has 21 heavy (non-hydrogen) atoms. The van der Waals surface area contributed by atoms with Crippen molar-refractivity contribution in [1.82, 2.24) is 10.2 Å². The van der Waals surface area contributed by atoms with Crippen LogP contribution in [0.3, 0.4) is 0 Å². The van der Waals surface area contributed by atoms with Crippen LogP contribution in [0, 0.1) is 0 Å². The highest BCUT2D eigenvalue weighted by atomic mass is 16.2. The number of hydrogen-bond acceptors (Lipinski definition) is 2. The van der Waals surface area contributed by atoms with Crippen LogP contribution in [0.4, 0.5) is 0 Å². The standard InChI is InChI=1S/C17H22N2O2/c1-17(10-6-3-7-11-17)19-14(20)12-18-16(21)15(19)13-8-4-2-5-9-13/h2,4-5,8-9,15H,3,6-7,10-12H2,1H3,(H,18,21). The van der Waals surface area contributed by atoms with E-state index in [1.807, 2.05) is 35.2 Å². The van der Waals surface area contributed by atoms with Crippen LogP contribution in [-0.2, 0) is 9.59 Å². The number of piperazine rings is 1. The molecule has 2 amide bonds. The third-order valence-electron chi connectivity index (χ3n) is 4.82. The van der Waals surface area contributed by atoms with Crippen LogP contribution in [0.25, 0.3) is 0 Å². The molecule has 1 atom stereocenters. The summed E-state index contributed by atoms with van der Waals surface area (Å²) in [6, 6.07) is 9.14. The SMILES string of the molecule is CC1(N2C(=O)CNC(=O)C2c2ccccc2)CCCCC1. The van der Waals surface area contributed by atoms with Crippen molar-refractivity contribution < 1.29 is 9.59 Å². The highest BCUT2D eigenvalue weighted by Crippen LogP contribution is 2.39. The summed E-state index contributed by atoms with van der Waals surface area (Å²) in [5.41, 5.74) is 0.697. The molecule has 1 aliphatic carbocycles. The summed E-state index contributed by atoms with van der Waals surface area (Å²) < 4.78 is 0. The van der Waals surface area contributed by atoms with Gasteiger partial charge in [0.1, 0.15) is 6.04 Å². The topological polar surface area (TPSA) is 49.4 Å². The fourth-order valence-electron chi connectivity index (χ4n) is 3.71. The van der Waals surface area contributed by atoms with Gasteiger partial charge in [0.15, 0.2) is 0 Å². The molecule has 2 aliphatic rings. The first-order valence-corrected chi connectivity index (χ1v) is 7.77. The fraction of sp³-hybridized carbons (Fsp3) is 0.529. The number of benzene rings is 1. The van der Waals surface area contributed by atoms with E-state index in [1.54, 1.807) is 0 Å². The summed E-state index contributed by atoms with van der Waals surface area (Å²) in [5.74, 6) is -0.0274. The molecule has 1 heterocycles. The highest BCUT2D eigenvalue weighted by Gasteiger charge is 2.45. The Morgan fingerprint density at radius 1 is 1.10 bits per heavy atom. The Balaban J connectivity index is 2.00. The second-order valence-electron chi connectivity index (χ2n) is 6.35. The lowest BCUT2D eigenvalue weighted by molar-refractivity contribution is -0.154. The summed E-state index contributed by atoms with van der Waals surface area (Å²) in [7, 11) is 0. The van der Waals surface area contributed by atoms with E-state index in [1.165, 1.54) is 6.42 Å². The zero-order chi connectivity index (χ0) is 14.9. The molecule has 112 valence electrons. The van der Waals surface area contributed by atoms with Crippen molar-refractivity contribution in [2.24, 2.45) is 0 Å². The molecule has 1 N–H and O–H groups in total. The number of rotatable bonds is 2. The van der Waals surface area contributed by atoms with Gasteiger partial charge in [-0.25, -0.2) is 0 Å². The summed E-state index contributed by atoms with van der Waals surface area (Å²) in [6.45, 7) is 2.26. The van der Waals surface area contributed by atoms with E-state index >= 15 is 0 Å². The number of carbonyl (C=O) groups excluding carboxylic acids is 2. The Labute approximate surface area is 125 Å². The number of nitrogens with one attached hydrogen (secondary N) is 1. The van der Waals surface area contributed by atoms with Crippen molar-refractivity contribution in [1.29, 1.82) is 0 Å². The lowest BCUT2D eigenvalue weighted by Crippen LogP contribution is -2.61. The monoisotopic (exact) mass is 286 g/mol. The van der Waals surface area contributed by atoms with Crippen molar-refractivity contribution in [3.8, 4) is 0 Å². The third-order valence-corrected chi connectivity index (χ3v) is 4.82. The summed E-state index contributed by atoms with van der Waals surface area (Å²) in [6.07, 6.45) is 5.44. The highest BCUT2D eigenvalue weighted by molar-refractivity contribution is 5.96. The predicted octanol–water partition coefficient (Wildman–Crippen LogP) is 2.41. The minimum atomic E-state index is -0.490. The quantitative estimate of drug-likeness (QED) is 0.907. The van der Waals surface area contributed by atoms with Crippen LogP contribution in [0.2, 0.25) is 0 Å². The van der Waals surface area contributed by atoms with Gasteiger partial charge in [0.05, 0.1) is 6.54 Å². The zero-order valence-corrected chi connectivity index (χ0v) is 12.5. The van der Waals surface area contributed by atoms with Gasteiger partial charge in [-0.15, -0.1) is 0 Å². The minimum absolute atomic E-state index is 0.0350. The molecule has 4 heteroatoms. The van der Waals surface area contributed by atoms with Crippen molar-refractivity contribution in [2.75, 3.05) is 6.54 Å². The number of nitrogens with zero attached hydrogens (tertiary/aromatic N) is 1. The predicted molar refractivity (Wildman–Crippen MR) is 80.5 cm³/mol. The second kappa shape index (κ2) is 5.51. The van der Waals surface area contributed by atoms with E-state index < -0.39 is 6.04 Å². The molecule has 3 rings (SSSR count). The van der Waals surface area contributed by atoms with Crippen molar-refractivity contribution in [3.63, 3.8) is 0 Å². The van der Waals surface area contributed by atoms with Gasteiger partial charge in [-0.1, -0.05) is 49.6 Å². The van der Waals surface area contributed by atoms with Gasteiger partial charge in [0.25, 0.3) is 0 Å². The maximum absolute atomic E-state index is 12.5. The Morgan fingerprint density at radius 3 is 2.43 bits per heavy atom. The number of amides is 2. The molecule has 1 aromatic carbocycles. The largest absolute Gasteiger partial charge is 0.345 e. The molecule has 2 fully saturated rings. The average Bonchev–Trinajstić information content (AvgIpc) is 2.51. The first-order valence-electron chi connectivity index (χ1n) is 7.77.